The number of carbonyl (C=O) groups excluding carboxylic acids is 2. The number of benzene rings is 2. The summed E-state index contributed by atoms with van der Waals surface area (Å²) in [5.74, 6) is -0.769. The number of hydrogen-bond acceptors (Lipinski definition) is 2. The third kappa shape index (κ3) is 3.23. The summed E-state index contributed by atoms with van der Waals surface area (Å²) in [5, 5.41) is 0. The van der Waals surface area contributed by atoms with Crippen LogP contribution < -0.4 is 11.5 Å². The molecule has 4 heteroatoms. The Labute approximate surface area is 117 Å². The fourth-order valence-electron chi connectivity index (χ4n) is 2.25. The van der Waals surface area contributed by atoms with Crippen LogP contribution in [0.3, 0.4) is 0 Å². The summed E-state index contributed by atoms with van der Waals surface area (Å²) in [7, 11) is 0. The summed E-state index contributed by atoms with van der Waals surface area (Å²) in [5.41, 5.74) is 14.1. The Morgan fingerprint density at radius 1 is 0.700 bits per heavy atom. The van der Waals surface area contributed by atoms with Crippen molar-refractivity contribution in [3.05, 3.63) is 59.7 Å². The van der Waals surface area contributed by atoms with Crippen molar-refractivity contribution in [1.29, 1.82) is 0 Å². The third-order valence-corrected chi connectivity index (χ3v) is 3.05. The van der Waals surface area contributed by atoms with Crippen molar-refractivity contribution in [2.24, 2.45) is 11.5 Å². The number of amides is 2. The van der Waals surface area contributed by atoms with E-state index < -0.39 is 0 Å². The number of primary amides is 2. The van der Waals surface area contributed by atoms with E-state index in [2.05, 4.69) is 0 Å². The van der Waals surface area contributed by atoms with Crippen LogP contribution in [0.15, 0.2) is 48.5 Å². The van der Waals surface area contributed by atoms with Crippen LogP contribution >= 0.6 is 0 Å². The topological polar surface area (TPSA) is 86.2 Å². The molecule has 4 N–H and O–H groups in total. The average molecular weight is 268 g/mol. The van der Waals surface area contributed by atoms with E-state index in [1.807, 2.05) is 48.5 Å². The minimum Gasteiger partial charge on any atom is -0.369 e. The molecule has 0 atom stereocenters. The van der Waals surface area contributed by atoms with E-state index in [4.69, 9.17) is 11.5 Å². The molecule has 0 bridgehead atoms. The van der Waals surface area contributed by atoms with Crippen LogP contribution in [0, 0.1) is 0 Å². The van der Waals surface area contributed by atoms with Gasteiger partial charge in [0.1, 0.15) is 0 Å². The lowest BCUT2D eigenvalue weighted by molar-refractivity contribution is -0.118. The standard InChI is InChI=1S/C16H16N2O2/c17-15(19)9-11-5-1-3-7-13(11)14-8-4-2-6-12(14)10-16(18)20/h1-8H,9-10H2,(H2,17,19)(H2,18,20). The maximum atomic E-state index is 11.2. The summed E-state index contributed by atoms with van der Waals surface area (Å²) in [4.78, 5) is 22.3. The first-order valence-corrected chi connectivity index (χ1v) is 6.30. The molecule has 0 radical (unpaired) electrons. The zero-order chi connectivity index (χ0) is 14.5. The Hall–Kier alpha value is -2.62. The van der Waals surface area contributed by atoms with E-state index in [1.165, 1.54) is 0 Å². The van der Waals surface area contributed by atoms with Crippen LogP contribution in [-0.2, 0) is 22.4 Å². The van der Waals surface area contributed by atoms with Gasteiger partial charge in [-0.2, -0.15) is 0 Å². The molecule has 2 amide bonds. The summed E-state index contributed by atoms with van der Waals surface area (Å²) in [6.07, 6.45) is 0.335. The van der Waals surface area contributed by atoms with Gasteiger partial charge >= 0.3 is 0 Å². The fourth-order valence-corrected chi connectivity index (χ4v) is 2.25. The molecule has 0 aliphatic carbocycles. The maximum absolute atomic E-state index is 11.2. The van der Waals surface area contributed by atoms with Crippen LogP contribution in [0.1, 0.15) is 11.1 Å². The first-order chi connectivity index (χ1) is 9.58. The predicted molar refractivity (Wildman–Crippen MR) is 77.7 cm³/mol. The van der Waals surface area contributed by atoms with E-state index in [1.54, 1.807) is 0 Å². The minimum absolute atomic E-state index is 0.168. The molecule has 2 rings (SSSR count). The quantitative estimate of drug-likeness (QED) is 0.859. The zero-order valence-corrected chi connectivity index (χ0v) is 11.0. The zero-order valence-electron chi connectivity index (χ0n) is 11.0. The van der Waals surface area contributed by atoms with Gasteiger partial charge in [0.05, 0.1) is 12.8 Å². The molecule has 20 heavy (non-hydrogen) atoms. The van der Waals surface area contributed by atoms with E-state index in [0.717, 1.165) is 22.3 Å². The molecule has 0 aromatic heterocycles. The van der Waals surface area contributed by atoms with Gasteiger partial charge < -0.3 is 11.5 Å². The van der Waals surface area contributed by atoms with Gasteiger partial charge in [-0.25, -0.2) is 0 Å². The highest BCUT2D eigenvalue weighted by Crippen LogP contribution is 2.27. The van der Waals surface area contributed by atoms with Crippen molar-refractivity contribution in [2.45, 2.75) is 12.8 Å². The summed E-state index contributed by atoms with van der Waals surface area (Å²) in [6.45, 7) is 0. The third-order valence-electron chi connectivity index (χ3n) is 3.05. The summed E-state index contributed by atoms with van der Waals surface area (Å²) >= 11 is 0. The first kappa shape index (κ1) is 13.8. The van der Waals surface area contributed by atoms with Crippen LogP contribution in [-0.4, -0.2) is 11.8 Å². The van der Waals surface area contributed by atoms with Crippen molar-refractivity contribution in [3.63, 3.8) is 0 Å². The van der Waals surface area contributed by atoms with Gasteiger partial charge in [0.25, 0.3) is 0 Å². The minimum atomic E-state index is -0.384. The smallest absolute Gasteiger partial charge is 0.221 e. The van der Waals surface area contributed by atoms with Crippen LogP contribution in [0.4, 0.5) is 0 Å². The van der Waals surface area contributed by atoms with E-state index in [0.29, 0.717) is 0 Å². The Morgan fingerprint density at radius 2 is 1.05 bits per heavy atom. The van der Waals surface area contributed by atoms with Crippen molar-refractivity contribution in [3.8, 4) is 11.1 Å². The van der Waals surface area contributed by atoms with Gasteiger partial charge in [0, 0.05) is 0 Å². The molecule has 0 saturated carbocycles. The van der Waals surface area contributed by atoms with Gasteiger partial charge in [-0.1, -0.05) is 48.5 Å². The second-order valence-electron chi connectivity index (χ2n) is 4.60. The van der Waals surface area contributed by atoms with Crippen molar-refractivity contribution >= 4 is 11.8 Å². The van der Waals surface area contributed by atoms with Gasteiger partial charge in [-0.15, -0.1) is 0 Å². The SMILES string of the molecule is NC(=O)Cc1ccccc1-c1ccccc1CC(N)=O. The lowest BCUT2D eigenvalue weighted by Gasteiger charge is -2.12. The second kappa shape index (κ2) is 6.02. The molecule has 0 saturated heterocycles. The Bertz CT molecular complexity index is 593. The number of carbonyl (C=O) groups is 2. The van der Waals surface area contributed by atoms with Gasteiger partial charge in [0.2, 0.25) is 11.8 Å². The summed E-state index contributed by atoms with van der Waals surface area (Å²) < 4.78 is 0. The van der Waals surface area contributed by atoms with E-state index in [9.17, 15) is 9.59 Å². The number of rotatable bonds is 5. The molecule has 0 aliphatic rings. The molecule has 2 aromatic rings. The molecule has 0 aliphatic heterocycles. The van der Waals surface area contributed by atoms with Crippen LogP contribution in [0.25, 0.3) is 11.1 Å². The molecule has 4 nitrogen and oxygen atoms in total. The lowest BCUT2D eigenvalue weighted by Crippen LogP contribution is -2.15. The molecule has 0 spiro atoms. The highest BCUT2D eigenvalue weighted by atomic mass is 16.1. The Balaban J connectivity index is 2.51. The molecule has 0 unspecified atom stereocenters. The van der Waals surface area contributed by atoms with Gasteiger partial charge in [0.15, 0.2) is 0 Å². The molecule has 102 valence electrons. The average Bonchev–Trinajstić information content (AvgIpc) is 2.39. The monoisotopic (exact) mass is 268 g/mol. The van der Waals surface area contributed by atoms with Crippen molar-refractivity contribution in [2.75, 3.05) is 0 Å². The summed E-state index contributed by atoms with van der Waals surface area (Å²) in [6, 6.07) is 15.1. The normalized spacial score (nSPS) is 10.2. The van der Waals surface area contributed by atoms with Crippen molar-refractivity contribution in [1.82, 2.24) is 0 Å². The lowest BCUT2D eigenvalue weighted by atomic mass is 9.92. The molecule has 0 heterocycles. The first-order valence-electron chi connectivity index (χ1n) is 6.30. The molecule has 0 fully saturated rings. The van der Waals surface area contributed by atoms with Crippen LogP contribution in [0.5, 0.6) is 0 Å². The predicted octanol–water partition coefficient (Wildman–Crippen LogP) is 1.41. The molecular weight excluding hydrogens is 252 g/mol. The molecular formula is C16H16N2O2. The Morgan fingerprint density at radius 3 is 1.40 bits per heavy atom. The number of nitrogens with two attached hydrogens (primary N) is 2. The fraction of sp³-hybridized carbons (Fsp3) is 0.125. The highest BCUT2D eigenvalue weighted by molar-refractivity contribution is 5.84. The van der Waals surface area contributed by atoms with Gasteiger partial charge in [-0.3, -0.25) is 9.59 Å². The maximum Gasteiger partial charge on any atom is 0.221 e. The molecule has 2 aromatic carbocycles. The second-order valence-corrected chi connectivity index (χ2v) is 4.60. The Kier molecular flexibility index (Phi) is 4.15. The van der Waals surface area contributed by atoms with Gasteiger partial charge in [-0.05, 0) is 22.3 Å². The largest absolute Gasteiger partial charge is 0.369 e. The van der Waals surface area contributed by atoms with E-state index in [-0.39, 0.29) is 24.7 Å². The highest BCUT2D eigenvalue weighted by Gasteiger charge is 2.11. The van der Waals surface area contributed by atoms with Crippen molar-refractivity contribution < 1.29 is 9.59 Å². The van der Waals surface area contributed by atoms with E-state index >= 15 is 0 Å². The number of hydrogen-bond donors (Lipinski definition) is 2. The van der Waals surface area contributed by atoms with Crippen LogP contribution in [0.2, 0.25) is 0 Å².